The Kier molecular flexibility index (Phi) is 5.43. The summed E-state index contributed by atoms with van der Waals surface area (Å²) in [6.45, 7) is 4.80. The Morgan fingerprint density at radius 2 is 1.77 bits per heavy atom. The normalized spacial score (nSPS) is 16.0. The molecular weight excluding hydrogens is 354 g/mol. The molecule has 26 heavy (non-hydrogen) atoms. The van der Waals surface area contributed by atoms with Crippen LogP contribution in [0.5, 0.6) is 0 Å². The minimum atomic E-state index is -3.34. The Bertz CT molecular complexity index is 850. The van der Waals surface area contributed by atoms with Gasteiger partial charge in [0.05, 0.1) is 11.4 Å². The molecule has 1 fully saturated rings. The van der Waals surface area contributed by atoms with Gasteiger partial charge in [0.2, 0.25) is 10.0 Å². The number of amides is 1. The van der Waals surface area contributed by atoms with Gasteiger partial charge in [0.25, 0.3) is 5.91 Å². The smallest absolute Gasteiger partial charge is 0.259 e. The molecule has 0 bridgehead atoms. The van der Waals surface area contributed by atoms with Gasteiger partial charge in [0, 0.05) is 26.2 Å². The van der Waals surface area contributed by atoms with E-state index in [4.69, 9.17) is 4.52 Å². The van der Waals surface area contributed by atoms with Gasteiger partial charge in [0.1, 0.15) is 11.3 Å². The summed E-state index contributed by atoms with van der Waals surface area (Å²) in [5.74, 6) is 0.419. The molecule has 2 aromatic rings. The van der Waals surface area contributed by atoms with E-state index >= 15 is 0 Å². The van der Waals surface area contributed by atoms with Crippen molar-refractivity contribution in [3.63, 3.8) is 0 Å². The number of carbonyl (C=O) groups excluding carboxylic acids is 1. The highest BCUT2D eigenvalue weighted by molar-refractivity contribution is 7.89. The molecule has 1 aliphatic rings. The molecule has 0 spiro atoms. The van der Waals surface area contributed by atoms with Gasteiger partial charge in [-0.25, -0.2) is 8.42 Å². The van der Waals surface area contributed by atoms with E-state index in [0.29, 0.717) is 49.6 Å². The molecule has 0 saturated carbocycles. The number of nitrogens with zero attached hydrogens (tertiary/aromatic N) is 3. The summed E-state index contributed by atoms with van der Waals surface area (Å²) in [6.07, 6.45) is 0.487. The number of sulfonamides is 1. The van der Waals surface area contributed by atoms with Crippen molar-refractivity contribution in [3.8, 4) is 0 Å². The van der Waals surface area contributed by atoms with E-state index in [0.717, 1.165) is 5.56 Å². The third-order valence-electron chi connectivity index (χ3n) is 4.66. The third kappa shape index (κ3) is 3.96. The molecule has 0 N–H and O–H groups in total. The van der Waals surface area contributed by atoms with Crippen LogP contribution in [-0.4, -0.2) is 60.6 Å². The Hall–Kier alpha value is -2.19. The minimum absolute atomic E-state index is 0.0782. The molecular formula is C18H23N3O4S. The molecule has 0 unspecified atom stereocenters. The fourth-order valence-corrected chi connectivity index (χ4v) is 4.61. The number of hydrogen-bond acceptors (Lipinski definition) is 5. The number of benzene rings is 1. The molecule has 2 heterocycles. The monoisotopic (exact) mass is 377 g/mol. The highest BCUT2D eigenvalue weighted by Crippen LogP contribution is 2.17. The highest BCUT2D eigenvalue weighted by atomic mass is 32.2. The van der Waals surface area contributed by atoms with Crippen molar-refractivity contribution in [2.45, 2.75) is 20.3 Å². The maximum absolute atomic E-state index is 12.6. The van der Waals surface area contributed by atoms with Crippen molar-refractivity contribution < 1.29 is 17.7 Å². The predicted molar refractivity (Wildman–Crippen MR) is 97.4 cm³/mol. The fourth-order valence-electron chi connectivity index (χ4n) is 3.14. The average molecular weight is 377 g/mol. The number of aryl methyl sites for hydroxylation is 3. The molecule has 0 atom stereocenters. The number of hydrogen-bond donors (Lipinski definition) is 0. The summed E-state index contributed by atoms with van der Waals surface area (Å²) in [7, 11) is -3.34. The minimum Gasteiger partial charge on any atom is -0.361 e. The molecule has 3 rings (SSSR count). The van der Waals surface area contributed by atoms with Crippen molar-refractivity contribution in [2.24, 2.45) is 0 Å². The van der Waals surface area contributed by atoms with Crippen molar-refractivity contribution in [1.29, 1.82) is 0 Å². The number of carbonyl (C=O) groups is 1. The summed E-state index contributed by atoms with van der Waals surface area (Å²) in [5.41, 5.74) is 2.04. The first-order chi connectivity index (χ1) is 12.4. The zero-order chi connectivity index (χ0) is 18.7. The zero-order valence-corrected chi connectivity index (χ0v) is 15.8. The largest absolute Gasteiger partial charge is 0.361 e. The van der Waals surface area contributed by atoms with Crippen molar-refractivity contribution in [2.75, 3.05) is 31.9 Å². The Balaban J connectivity index is 1.58. The lowest BCUT2D eigenvalue weighted by atomic mass is 10.1. The molecule has 1 saturated heterocycles. The summed E-state index contributed by atoms with van der Waals surface area (Å²) >= 11 is 0. The van der Waals surface area contributed by atoms with Crippen molar-refractivity contribution >= 4 is 15.9 Å². The van der Waals surface area contributed by atoms with Gasteiger partial charge < -0.3 is 9.42 Å². The van der Waals surface area contributed by atoms with Crippen LogP contribution >= 0.6 is 0 Å². The zero-order valence-electron chi connectivity index (χ0n) is 15.0. The lowest BCUT2D eigenvalue weighted by Crippen LogP contribution is -2.51. The lowest BCUT2D eigenvalue weighted by Gasteiger charge is -2.34. The lowest BCUT2D eigenvalue weighted by molar-refractivity contribution is 0.0695. The second kappa shape index (κ2) is 7.59. The van der Waals surface area contributed by atoms with Gasteiger partial charge in [-0.3, -0.25) is 4.79 Å². The van der Waals surface area contributed by atoms with E-state index < -0.39 is 10.0 Å². The summed E-state index contributed by atoms with van der Waals surface area (Å²) < 4.78 is 31.7. The second-order valence-electron chi connectivity index (χ2n) is 6.44. The van der Waals surface area contributed by atoms with Crippen LogP contribution in [0.2, 0.25) is 0 Å². The molecule has 0 aliphatic carbocycles. The van der Waals surface area contributed by atoms with Crippen LogP contribution in [0.15, 0.2) is 34.9 Å². The van der Waals surface area contributed by atoms with E-state index in [2.05, 4.69) is 5.16 Å². The van der Waals surface area contributed by atoms with E-state index in [-0.39, 0.29) is 11.7 Å². The predicted octanol–water partition coefficient (Wildman–Crippen LogP) is 1.62. The molecule has 7 nitrogen and oxygen atoms in total. The third-order valence-corrected chi connectivity index (χ3v) is 6.53. The van der Waals surface area contributed by atoms with Crippen LogP contribution in [0.25, 0.3) is 0 Å². The first-order valence-corrected chi connectivity index (χ1v) is 10.2. The molecule has 1 aliphatic heterocycles. The van der Waals surface area contributed by atoms with Crippen LogP contribution in [0.4, 0.5) is 0 Å². The molecule has 1 aromatic carbocycles. The Labute approximate surface area is 153 Å². The van der Waals surface area contributed by atoms with Gasteiger partial charge in [-0.2, -0.15) is 4.31 Å². The van der Waals surface area contributed by atoms with Crippen LogP contribution in [0.1, 0.15) is 27.4 Å². The average Bonchev–Trinajstić information content (AvgIpc) is 2.99. The van der Waals surface area contributed by atoms with Crippen LogP contribution < -0.4 is 0 Å². The standard InChI is InChI=1S/C18H23N3O4S/c1-14-17(15(2)25-19-14)18(22)20-9-11-21(12-10-20)26(23,24)13-8-16-6-4-3-5-7-16/h3-7H,8-13H2,1-2H3. The second-order valence-corrected chi connectivity index (χ2v) is 8.53. The van der Waals surface area contributed by atoms with Gasteiger partial charge >= 0.3 is 0 Å². The van der Waals surface area contributed by atoms with Gasteiger partial charge in [-0.05, 0) is 25.8 Å². The molecule has 8 heteroatoms. The van der Waals surface area contributed by atoms with E-state index in [1.807, 2.05) is 30.3 Å². The fraction of sp³-hybridized carbons (Fsp3) is 0.444. The maximum atomic E-state index is 12.6. The topological polar surface area (TPSA) is 83.7 Å². The van der Waals surface area contributed by atoms with Crippen LogP contribution in [-0.2, 0) is 16.4 Å². The summed E-state index contributed by atoms with van der Waals surface area (Å²) in [6, 6.07) is 9.57. The number of rotatable bonds is 5. The summed E-state index contributed by atoms with van der Waals surface area (Å²) in [5, 5.41) is 3.81. The molecule has 1 aromatic heterocycles. The van der Waals surface area contributed by atoms with Crippen LogP contribution in [0, 0.1) is 13.8 Å². The van der Waals surface area contributed by atoms with Crippen molar-refractivity contribution in [1.82, 2.24) is 14.4 Å². The van der Waals surface area contributed by atoms with Gasteiger partial charge in [-0.15, -0.1) is 0 Å². The first kappa shape index (κ1) is 18.6. The number of aromatic nitrogens is 1. The van der Waals surface area contributed by atoms with Crippen molar-refractivity contribution in [3.05, 3.63) is 52.9 Å². The van der Waals surface area contributed by atoms with Gasteiger partial charge in [0.15, 0.2) is 0 Å². The van der Waals surface area contributed by atoms with E-state index in [1.165, 1.54) is 4.31 Å². The summed E-state index contributed by atoms with van der Waals surface area (Å²) in [4.78, 5) is 14.3. The van der Waals surface area contributed by atoms with E-state index in [9.17, 15) is 13.2 Å². The molecule has 1 amide bonds. The van der Waals surface area contributed by atoms with E-state index in [1.54, 1.807) is 18.7 Å². The Morgan fingerprint density at radius 1 is 1.12 bits per heavy atom. The maximum Gasteiger partial charge on any atom is 0.259 e. The highest BCUT2D eigenvalue weighted by Gasteiger charge is 2.31. The SMILES string of the molecule is Cc1noc(C)c1C(=O)N1CCN(S(=O)(=O)CCc2ccccc2)CC1. The number of piperazine rings is 1. The van der Waals surface area contributed by atoms with Crippen LogP contribution in [0.3, 0.4) is 0 Å². The van der Waals surface area contributed by atoms with Gasteiger partial charge in [-0.1, -0.05) is 35.5 Å². The first-order valence-electron chi connectivity index (χ1n) is 8.62. The quantitative estimate of drug-likeness (QED) is 0.791. The molecule has 140 valence electrons. The molecule has 0 radical (unpaired) electrons. The Morgan fingerprint density at radius 3 is 2.35 bits per heavy atom.